The largest absolute Gasteiger partial charge is 0.378 e. The van der Waals surface area contributed by atoms with Gasteiger partial charge >= 0.3 is 0 Å². The molecule has 0 saturated heterocycles. The monoisotopic (exact) mass is 668 g/mol. The van der Waals surface area contributed by atoms with Gasteiger partial charge in [-0.05, 0) is 64.1 Å². The van der Waals surface area contributed by atoms with Crippen LogP contribution in [0.25, 0.3) is 15.1 Å². The minimum absolute atomic E-state index is 0.0512. The van der Waals surface area contributed by atoms with Crippen molar-refractivity contribution in [3.05, 3.63) is 53.9 Å². The van der Waals surface area contributed by atoms with Crippen LogP contribution < -0.4 is 15.5 Å². The van der Waals surface area contributed by atoms with E-state index in [1.165, 1.54) is 11.3 Å². The van der Waals surface area contributed by atoms with Crippen molar-refractivity contribution in [2.24, 2.45) is 10.2 Å². The van der Waals surface area contributed by atoms with Crippen LogP contribution in [0, 0.1) is 6.57 Å². The molecule has 0 aliphatic carbocycles. The summed E-state index contributed by atoms with van der Waals surface area (Å²) in [7, 11) is 4.63. The van der Waals surface area contributed by atoms with Crippen LogP contribution in [0.1, 0.15) is 52.4 Å². The van der Waals surface area contributed by atoms with Crippen LogP contribution in [0.3, 0.4) is 0 Å². The molecule has 0 aliphatic rings. The Morgan fingerprint density at radius 2 is 1.74 bits per heavy atom. The number of thiazole rings is 1. The summed E-state index contributed by atoms with van der Waals surface area (Å²) in [6, 6.07) is 13.6. The third kappa shape index (κ3) is 12.7. The van der Waals surface area contributed by atoms with Crippen molar-refractivity contribution in [2.45, 2.75) is 58.4 Å². The summed E-state index contributed by atoms with van der Waals surface area (Å²) in [5, 5.41) is 15.0. The molecule has 3 rings (SSSR count). The normalized spacial score (nSPS) is 12.1. The van der Waals surface area contributed by atoms with Crippen LogP contribution in [0.2, 0.25) is 0 Å². The third-order valence-electron chi connectivity index (χ3n) is 6.88. The van der Waals surface area contributed by atoms with Crippen molar-refractivity contribution >= 4 is 64.1 Å². The van der Waals surface area contributed by atoms with E-state index in [0.29, 0.717) is 42.8 Å². The van der Waals surface area contributed by atoms with E-state index in [2.05, 4.69) is 49.2 Å². The summed E-state index contributed by atoms with van der Waals surface area (Å²) >= 11 is 1.44. The maximum Gasteiger partial charge on any atom is 0.258 e. The van der Waals surface area contributed by atoms with Gasteiger partial charge in [0.25, 0.3) is 8.53 Å². The number of anilines is 2. The van der Waals surface area contributed by atoms with Crippen molar-refractivity contribution in [3.63, 3.8) is 0 Å². The van der Waals surface area contributed by atoms with Crippen LogP contribution in [-0.4, -0.2) is 75.0 Å². The molecule has 1 aromatic heterocycles. The minimum atomic E-state index is -1.17. The van der Waals surface area contributed by atoms with Gasteiger partial charge in [-0.3, -0.25) is 9.59 Å². The Balaban J connectivity index is 1.38. The zero-order valence-electron chi connectivity index (χ0n) is 27.4. The second kappa shape index (κ2) is 19.9. The highest BCUT2D eigenvalue weighted by atomic mass is 32.1. The highest BCUT2D eigenvalue weighted by molar-refractivity contribution is 7.44. The molecule has 1 heterocycles. The fourth-order valence-electron chi connectivity index (χ4n) is 4.04. The maximum atomic E-state index is 12.8. The van der Waals surface area contributed by atoms with Crippen molar-refractivity contribution in [3.8, 4) is 0 Å². The number of hydrogen-bond donors (Lipinski definition) is 2. The lowest BCUT2D eigenvalue weighted by Gasteiger charge is -2.28. The zero-order valence-corrected chi connectivity index (χ0v) is 29.1. The molecule has 2 amide bonds. The van der Waals surface area contributed by atoms with Gasteiger partial charge in [-0.2, -0.15) is 0 Å². The molecule has 2 aromatic carbocycles. The van der Waals surface area contributed by atoms with Crippen molar-refractivity contribution in [1.82, 2.24) is 15.0 Å². The van der Waals surface area contributed by atoms with Crippen LogP contribution in [0.5, 0.6) is 0 Å². The van der Waals surface area contributed by atoms with Crippen LogP contribution in [0.4, 0.5) is 22.2 Å². The van der Waals surface area contributed by atoms with Crippen molar-refractivity contribution in [1.29, 1.82) is 0 Å². The Morgan fingerprint density at radius 3 is 2.48 bits per heavy atom. The molecule has 1 atom stereocenters. The van der Waals surface area contributed by atoms with Gasteiger partial charge in [-0.25, -0.2) is 16.2 Å². The number of nitrogens with zero attached hydrogens (tertiary/aromatic N) is 6. The van der Waals surface area contributed by atoms with E-state index in [4.69, 9.17) is 15.6 Å². The maximum absolute atomic E-state index is 12.8. The molecule has 0 radical (unpaired) electrons. The highest BCUT2D eigenvalue weighted by Gasteiger charge is 2.20. The molecule has 248 valence electrons. The Bertz CT molecular complexity index is 1440. The van der Waals surface area contributed by atoms with E-state index in [1.807, 2.05) is 62.4 Å². The summed E-state index contributed by atoms with van der Waals surface area (Å²) in [5.74, 6) is -0.432. The SMILES string of the molecule is [C-]#[N+]CCOP(OCCCCCCNC(=O)CCC(=O)Nc1cc(N(C)C)ccc1N=Nc1nc2ccccc2s1)N(C)C(C)C. The van der Waals surface area contributed by atoms with E-state index in [9.17, 15) is 9.59 Å². The van der Waals surface area contributed by atoms with Crippen LogP contribution in [0.15, 0.2) is 52.7 Å². The van der Waals surface area contributed by atoms with Crippen molar-refractivity contribution < 1.29 is 18.6 Å². The number of fused-ring (bicyclic) bond motifs is 1. The van der Waals surface area contributed by atoms with Gasteiger partial charge in [0.05, 0.1) is 22.5 Å². The van der Waals surface area contributed by atoms with E-state index in [0.717, 1.165) is 41.6 Å². The summed E-state index contributed by atoms with van der Waals surface area (Å²) in [6.07, 6.45) is 3.81. The van der Waals surface area contributed by atoms with Gasteiger partial charge in [-0.15, -0.1) is 10.2 Å². The smallest absolute Gasteiger partial charge is 0.258 e. The molecule has 0 saturated carbocycles. The lowest BCUT2D eigenvalue weighted by molar-refractivity contribution is -0.124. The number of nitrogens with one attached hydrogen (secondary N) is 2. The van der Waals surface area contributed by atoms with Gasteiger partial charge < -0.3 is 29.4 Å². The summed E-state index contributed by atoms with van der Waals surface area (Å²) in [6.45, 7) is 12.9. The first kappa shape index (κ1) is 36.9. The predicted molar refractivity (Wildman–Crippen MR) is 187 cm³/mol. The summed E-state index contributed by atoms with van der Waals surface area (Å²) in [5.41, 5.74) is 2.78. The van der Waals surface area contributed by atoms with Crippen molar-refractivity contribution in [2.75, 3.05) is 57.7 Å². The van der Waals surface area contributed by atoms with Gasteiger partial charge in [0.2, 0.25) is 23.5 Å². The minimum Gasteiger partial charge on any atom is -0.378 e. The number of carbonyl (C=O) groups excluding carboxylic acids is 2. The number of amides is 2. The molecule has 0 aliphatic heterocycles. The van der Waals surface area contributed by atoms with Gasteiger partial charge in [0, 0.05) is 45.2 Å². The number of azo groups is 1. The first-order valence-corrected chi connectivity index (χ1v) is 17.4. The Hall–Kier alpha value is -3.53. The van der Waals surface area contributed by atoms with Crippen LogP contribution >= 0.6 is 19.9 Å². The Morgan fingerprint density at radius 1 is 1.00 bits per heavy atom. The fourth-order valence-corrected chi connectivity index (χ4v) is 6.17. The third-order valence-corrected chi connectivity index (χ3v) is 9.58. The molecular formula is C32H45N8O4PS. The van der Waals surface area contributed by atoms with E-state index >= 15 is 0 Å². The number of benzene rings is 2. The quantitative estimate of drug-likeness (QED) is 0.0547. The molecule has 3 aromatic rings. The van der Waals surface area contributed by atoms with Gasteiger partial charge in [-0.1, -0.05) is 36.3 Å². The molecule has 1 unspecified atom stereocenters. The molecule has 46 heavy (non-hydrogen) atoms. The lowest BCUT2D eigenvalue weighted by atomic mass is 10.2. The van der Waals surface area contributed by atoms with E-state index in [1.54, 1.807) is 6.07 Å². The molecule has 0 fully saturated rings. The van der Waals surface area contributed by atoms with E-state index < -0.39 is 8.53 Å². The van der Waals surface area contributed by atoms with E-state index in [-0.39, 0.29) is 30.7 Å². The Labute approximate surface area is 277 Å². The highest BCUT2D eigenvalue weighted by Crippen LogP contribution is 2.43. The molecule has 0 spiro atoms. The molecule has 14 heteroatoms. The summed E-state index contributed by atoms with van der Waals surface area (Å²) < 4.78 is 14.8. The first-order chi connectivity index (χ1) is 22.2. The number of carbonyl (C=O) groups is 2. The van der Waals surface area contributed by atoms with Gasteiger partial charge in [0.15, 0.2) is 0 Å². The summed E-state index contributed by atoms with van der Waals surface area (Å²) in [4.78, 5) is 34.9. The molecule has 0 bridgehead atoms. The predicted octanol–water partition coefficient (Wildman–Crippen LogP) is 7.69. The average molecular weight is 669 g/mol. The number of unbranched alkanes of at least 4 members (excludes halogenated alkanes) is 3. The Kier molecular flexibility index (Phi) is 16.0. The second-order valence-electron chi connectivity index (χ2n) is 11.0. The zero-order chi connectivity index (χ0) is 33.3. The number of para-hydroxylation sites is 1. The van der Waals surface area contributed by atoms with Crippen LogP contribution in [-0.2, 0) is 18.6 Å². The number of aromatic nitrogens is 1. The lowest BCUT2D eigenvalue weighted by Crippen LogP contribution is -2.25. The standard InChI is InChI=1S/C32H45N8O4PS/c1-24(2)40(6)45(44-22-20-33-3)43-21-12-8-7-11-19-34-30(41)17-18-31(42)35-28-23-25(39(4)5)15-16-26(28)37-38-32-36-27-13-9-10-14-29(27)46-32/h9-10,13-16,23-24H,7-8,11-12,17-22H2,1-2,4-6H3,(H,34,41)(H,35,42). The molecule has 12 nitrogen and oxygen atoms in total. The molecular weight excluding hydrogens is 623 g/mol. The molecule has 2 N–H and O–H groups in total. The average Bonchev–Trinajstić information content (AvgIpc) is 3.46. The number of rotatable bonds is 20. The first-order valence-electron chi connectivity index (χ1n) is 15.4. The van der Waals surface area contributed by atoms with Gasteiger partial charge in [0.1, 0.15) is 12.3 Å². The second-order valence-corrected chi connectivity index (χ2v) is 13.7. The topological polar surface area (TPSA) is 125 Å². The fraction of sp³-hybridized carbons (Fsp3) is 0.500. The number of hydrogen-bond acceptors (Lipinski definition) is 10.